The zero-order valence-corrected chi connectivity index (χ0v) is 15.6. The van der Waals surface area contributed by atoms with Crippen LogP contribution in [-0.4, -0.2) is 51.5 Å². The molecule has 1 aromatic carbocycles. The lowest BCUT2D eigenvalue weighted by Crippen LogP contribution is -2.42. The van der Waals surface area contributed by atoms with Crippen molar-refractivity contribution in [3.8, 4) is 5.75 Å². The van der Waals surface area contributed by atoms with E-state index in [0.29, 0.717) is 30.6 Å². The number of halogens is 1. The van der Waals surface area contributed by atoms with Crippen LogP contribution in [0.4, 0.5) is 5.69 Å². The molecule has 138 valence electrons. The molecule has 0 unspecified atom stereocenters. The molecule has 0 saturated carbocycles. The molecule has 2 aliphatic rings. The van der Waals surface area contributed by atoms with Gasteiger partial charge < -0.3 is 10.1 Å². The lowest BCUT2D eigenvalue weighted by molar-refractivity contribution is -0.118. The number of nitrogens with zero attached hydrogens (tertiary/aromatic N) is 1. The van der Waals surface area contributed by atoms with E-state index < -0.39 is 10.0 Å². The Bertz CT molecular complexity index is 769. The Morgan fingerprint density at radius 2 is 2.20 bits per heavy atom. The summed E-state index contributed by atoms with van der Waals surface area (Å²) in [6.07, 6.45) is 3.52. The zero-order valence-electron chi connectivity index (χ0n) is 14.0. The van der Waals surface area contributed by atoms with Gasteiger partial charge in [0, 0.05) is 25.2 Å². The lowest BCUT2D eigenvalue weighted by atomic mass is 10.0. The molecule has 1 aromatic rings. The van der Waals surface area contributed by atoms with Crippen molar-refractivity contribution in [1.82, 2.24) is 9.62 Å². The average Bonchev–Trinajstić information content (AvgIpc) is 2.55. The van der Waals surface area contributed by atoms with E-state index in [1.807, 2.05) is 0 Å². The minimum Gasteiger partial charge on any atom is -0.482 e. The predicted molar refractivity (Wildman–Crippen MR) is 95.7 cm³/mol. The van der Waals surface area contributed by atoms with Crippen LogP contribution in [0.25, 0.3) is 0 Å². The summed E-state index contributed by atoms with van der Waals surface area (Å²) in [4.78, 5) is 13.6. The Hall–Kier alpha value is -1.35. The number of ether oxygens (including phenoxy) is 1. The minimum atomic E-state index is -3.76. The number of hydrogen-bond donors (Lipinski definition) is 2. The smallest absolute Gasteiger partial charge is 0.262 e. The first kappa shape index (κ1) is 18.4. The first-order valence-electron chi connectivity index (χ1n) is 8.37. The SMILES string of the molecule is C[C@H]1CCCCN1CCNS(=O)(=O)c1cc2c(cc1Cl)NC(=O)CO2. The monoisotopic (exact) mass is 387 g/mol. The largest absolute Gasteiger partial charge is 0.482 e. The summed E-state index contributed by atoms with van der Waals surface area (Å²) < 4.78 is 33.0. The predicted octanol–water partition coefficient (Wildman–Crippen LogP) is 1.82. The summed E-state index contributed by atoms with van der Waals surface area (Å²) in [5.74, 6) is 0.00183. The number of nitrogens with one attached hydrogen (secondary N) is 2. The van der Waals surface area contributed by atoms with Crippen molar-refractivity contribution in [2.24, 2.45) is 0 Å². The van der Waals surface area contributed by atoms with Crippen LogP contribution in [0.3, 0.4) is 0 Å². The number of piperidine rings is 1. The Morgan fingerprint density at radius 3 is 2.96 bits per heavy atom. The maximum Gasteiger partial charge on any atom is 0.262 e. The van der Waals surface area contributed by atoms with Crippen LogP contribution in [0.1, 0.15) is 26.2 Å². The molecule has 0 spiro atoms. The molecule has 3 rings (SSSR count). The Balaban J connectivity index is 1.68. The van der Waals surface area contributed by atoms with Gasteiger partial charge in [-0.2, -0.15) is 0 Å². The third kappa shape index (κ3) is 4.25. The van der Waals surface area contributed by atoms with Crippen LogP contribution in [0.15, 0.2) is 17.0 Å². The number of likely N-dealkylation sites (tertiary alicyclic amines) is 1. The van der Waals surface area contributed by atoms with E-state index in [4.69, 9.17) is 16.3 Å². The van der Waals surface area contributed by atoms with Gasteiger partial charge in [-0.15, -0.1) is 0 Å². The van der Waals surface area contributed by atoms with Crippen LogP contribution in [0, 0.1) is 0 Å². The first-order chi connectivity index (χ1) is 11.9. The standard InChI is InChI=1S/C16H22ClN3O4S/c1-11-4-2-3-6-20(11)7-5-18-25(22,23)15-9-14-13(8-12(15)17)19-16(21)10-24-14/h8-9,11,18H,2-7,10H2,1H3,(H,19,21)/t11-/m0/s1. The fourth-order valence-electron chi connectivity index (χ4n) is 3.18. The van der Waals surface area contributed by atoms with Gasteiger partial charge in [0.25, 0.3) is 5.91 Å². The molecule has 0 bridgehead atoms. The number of fused-ring (bicyclic) bond motifs is 1. The molecule has 0 radical (unpaired) electrons. The minimum absolute atomic E-state index is 0.0448. The van der Waals surface area contributed by atoms with Gasteiger partial charge in [0.1, 0.15) is 10.6 Å². The first-order valence-corrected chi connectivity index (χ1v) is 10.2. The number of sulfonamides is 1. The van der Waals surface area contributed by atoms with Gasteiger partial charge in [-0.1, -0.05) is 18.0 Å². The summed E-state index contributed by atoms with van der Waals surface area (Å²) in [7, 11) is -3.76. The van der Waals surface area contributed by atoms with Crippen LogP contribution < -0.4 is 14.8 Å². The molecule has 0 aromatic heterocycles. The van der Waals surface area contributed by atoms with Crippen LogP contribution in [0.5, 0.6) is 5.75 Å². The molecule has 7 nitrogen and oxygen atoms in total. The van der Waals surface area contributed by atoms with Crippen molar-refractivity contribution in [3.63, 3.8) is 0 Å². The highest BCUT2D eigenvalue weighted by molar-refractivity contribution is 7.89. The number of anilines is 1. The Labute approximate surface area is 152 Å². The molecule has 0 aliphatic carbocycles. The van der Waals surface area contributed by atoms with Crippen molar-refractivity contribution in [2.45, 2.75) is 37.1 Å². The fraction of sp³-hybridized carbons (Fsp3) is 0.562. The van der Waals surface area contributed by atoms with Gasteiger partial charge >= 0.3 is 0 Å². The molecule has 9 heteroatoms. The van der Waals surface area contributed by atoms with Gasteiger partial charge in [0.05, 0.1) is 10.7 Å². The Morgan fingerprint density at radius 1 is 1.40 bits per heavy atom. The maximum atomic E-state index is 12.6. The normalized spacial score (nSPS) is 21.4. The summed E-state index contributed by atoms with van der Waals surface area (Å²) in [5.41, 5.74) is 0.377. The quantitative estimate of drug-likeness (QED) is 0.804. The number of hydrogen-bond acceptors (Lipinski definition) is 5. The highest BCUT2D eigenvalue weighted by atomic mass is 35.5. The van der Waals surface area contributed by atoms with E-state index in [9.17, 15) is 13.2 Å². The van der Waals surface area contributed by atoms with Crippen molar-refractivity contribution < 1.29 is 17.9 Å². The molecule has 2 N–H and O–H groups in total. The van der Waals surface area contributed by atoms with Gasteiger partial charge in [-0.05, 0) is 32.4 Å². The van der Waals surface area contributed by atoms with Crippen LogP contribution >= 0.6 is 11.6 Å². The lowest BCUT2D eigenvalue weighted by Gasteiger charge is -2.33. The van der Waals surface area contributed by atoms with Crippen LogP contribution in [-0.2, 0) is 14.8 Å². The molecular weight excluding hydrogens is 366 g/mol. The second-order valence-electron chi connectivity index (χ2n) is 6.39. The molecule has 1 atom stereocenters. The third-order valence-electron chi connectivity index (χ3n) is 4.59. The molecule has 1 fully saturated rings. The second kappa shape index (κ2) is 7.49. The second-order valence-corrected chi connectivity index (χ2v) is 8.54. The topological polar surface area (TPSA) is 87.7 Å². The molecular formula is C16H22ClN3O4S. The number of carbonyl (C=O) groups is 1. The number of rotatable bonds is 5. The molecule has 1 amide bonds. The highest BCUT2D eigenvalue weighted by Crippen LogP contribution is 2.35. The highest BCUT2D eigenvalue weighted by Gasteiger charge is 2.25. The van der Waals surface area contributed by atoms with Gasteiger partial charge in [0.2, 0.25) is 10.0 Å². The van der Waals surface area contributed by atoms with E-state index in [2.05, 4.69) is 21.9 Å². The van der Waals surface area contributed by atoms with Crippen molar-refractivity contribution >= 4 is 33.2 Å². The van der Waals surface area contributed by atoms with Crippen LogP contribution in [0.2, 0.25) is 5.02 Å². The zero-order chi connectivity index (χ0) is 18.0. The number of carbonyl (C=O) groups excluding carboxylic acids is 1. The van der Waals surface area contributed by atoms with E-state index in [-0.39, 0.29) is 22.4 Å². The fourth-order valence-corrected chi connectivity index (χ4v) is 4.74. The summed E-state index contributed by atoms with van der Waals surface area (Å²) in [6.45, 7) is 4.00. The summed E-state index contributed by atoms with van der Waals surface area (Å²) in [6, 6.07) is 3.22. The summed E-state index contributed by atoms with van der Waals surface area (Å²) >= 11 is 6.11. The van der Waals surface area contributed by atoms with Gasteiger partial charge in [-0.3, -0.25) is 9.69 Å². The summed E-state index contributed by atoms with van der Waals surface area (Å²) in [5, 5.41) is 2.64. The van der Waals surface area contributed by atoms with E-state index in [0.717, 1.165) is 19.4 Å². The molecule has 2 aliphatic heterocycles. The molecule has 25 heavy (non-hydrogen) atoms. The van der Waals surface area contributed by atoms with Crippen molar-refractivity contribution in [1.29, 1.82) is 0 Å². The average molecular weight is 388 g/mol. The number of benzene rings is 1. The molecule has 2 heterocycles. The maximum absolute atomic E-state index is 12.6. The van der Waals surface area contributed by atoms with E-state index in [1.54, 1.807) is 0 Å². The number of amides is 1. The van der Waals surface area contributed by atoms with Gasteiger partial charge in [-0.25, -0.2) is 13.1 Å². The van der Waals surface area contributed by atoms with E-state index >= 15 is 0 Å². The van der Waals surface area contributed by atoms with Crippen molar-refractivity contribution in [2.75, 3.05) is 31.6 Å². The van der Waals surface area contributed by atoms with E-state index in [1.165, 1.54) is 18.6 Å². The third-order valence-corrected chi connectivity index (χ3v) is 6.51. The molecule has 1 saturated heterocycles. The Kier molecular flexibility index (Phi) is 5.52. The van der Waals surface area contributed by atoms with Crippen molar-refractivity contribution in [3.05, 3.63) is 17.2 Å². The van der Waals surface area contributed by atoms with Gasteiger partial charge in [0.15, 0.2) is 6.61 Å².